The Balaban J connectivity index is 1.88. The molecule has 0 aromatic carbocycles. The Hall–Kier alpha value is -0.980. The molecule has 3 atom stereocenters. The van der Waals surface area contributed by atoms with Crippen molar-refractivity contribution >= 4 is 11.8 Å². The van der Waals surface area contributed by atoms with Crippen LogP contribution in [0.4, 0.5) is 0 Å². The van der Waals surface area contributed by atoms with E-state index in [1.165, 1.54) is 0 Å². The van der Waals surface area contributed by atoms with Crippen molar-refractivity contribution in [1.82, 2.24) is 0 Å². The quantitative estimate of drug-likeness (QED) is 0.720. The van der Waals surface area contributed by atoms with Crippen molar-refractivity contribution in [2.75, 3.05) is 6.61 Å². The molecule has 118 valence electrons. The summed E-state index contributed by atoms with van der Waals surface area (Å²) in [7, 11) is 0. The first kappa shape index (κ1) is 14.9. The molecule has 6 heteroatoms. The molecule has 1 spiro atoms. The summed E-state index contributed by atoms with van der Waals surface area (Å²) in [5, 5.41) is 0. The number of Topliss-reactive ketones (excluding diaryl/α,β-unsaturated/α-hetero) is 1. The average Bonchev–Trinajstić information content (AvgIpc) is 2.90. The maximum absolute atomic E-state index is 12.8. The average molecular weight is 298 g/mol. The zero-order valence-electron chi connectivity index (χ0n) is 12.9. The van der Waals surface area contributed by atoms with Crippen LogP contribution in [0.15, 0.2) is 0 Å². The van der Waals surface area contributed by atoms with E-state index >= 15 is 0 Å². The minimum absolute atomic E-state index is 0.191. The van der Waals surface area contributed by atoms with Crippen molar-refractivity contribution in [1.29, 1.82) is 0 Å². The summed E-state index contributed by atoms with van der Waals surface area (Å²) in [6.45, 7) is 7.57. The molecule has 0 radical (unpaired) electrons. The van der Waals surface area contributed by atoms with E-state index in [0.717, 1.165) is 0 Å². The lowest BCUT2D eigenvalue weighted by atomic mass is 9.77. The lowest BCUT2D eigenvalue weighted by Gasteiger charge is -2.35. The van der Waals surface area contributed by atoms with Crippen molar-refractivity contribution in [3.8, 4) is 0 Å². The maximum Gasteiger partial charge on any atom is 0.315 e. The second kappa shape index (κ2) is 4.51. The fourth-order valence-corrected chi connectivity index (χ4v) is 3.50. The van der Waals surface area contributed by atoms with E-state index in [-0.39, 0.29) is 24.8 Å². The van der Waals surface area contributed by atoms with Gasteiger partial charge in [0.2, 0.25) is 5.78 Å². The first-order chi connectivity index (χ1) is 9.77. The molecule has 6 nitrogen and oxygen atoms in total. The van der Waals surface area contributed by atoms with Gasteiger partial charge < -0.3 is 18.9 Å². The zero-order chi connectivity index (χ0) is 15.5. The van der Waals surface area contributed by atoms with Crippen LogP contribution in [0.25, 0.3) is 0 Å². The molecule has 0 amide bonds. The molecule has 21 heavy (non-hydrogen) atoms. The van der Waals surface area contributed by atoms with Crippen LogP contribution in [-0.2, 0) is 28.5 Å². The number of hydrogen-bond donors (Lipinski definition) is 0. The van der Waals surface area contributed by atoms with E-state index in [4.69, 9.17) is 18.9 Å². The summed E-state index contributed by atoms with van der Waals surface area (Å²) in [5.41, 5.74) is -0.641. The second-order valence-electron chi connectivity index (χ2n) is 6.58. The summed E-state index contributed by atoms with van der Waals surface area (Å²) in [4.78, 5) is 25.0. The SMILES string of the molecule is CCC1(CC)C[C@]2(OC[C@H]3OC(C)(C)O[C@H]3C2=O)OC1=O. The summed E-state index contributed by atoms with van der Waals surface area (Å²) < 4.78 is 22.4. The van der Waals surface area contributed by atoms with Crippen LogP contribution in [0.5, 0.6) is 0 Å². The highest BCUT2D eigenvalue weighted by Gasteiger charge is 2.66. The van der Waals surface area contributed by atoms with Gasteiger partial charge in [-0.15, -0.1) is 0 Å². The highest BCUT2D eigenvalue weighted by molar-refractivity contribution is 5.96. The number of carbonyl (C=O) groups excluding carboxylic acids is 2. The molecule has 3 aliphatic heterocycles. The third kappa shape index (κ3) is 2.04. The van der Waals surface area contributed by atoms with Crippen LogP contribution in [0.1, 0.15) is 47.0 Å². The molecule has 0 bridgehead atoms. The number of ketones is 1. The van der Waals surface area contributed by atoms with Gasteiger partial charge >= 0.3 is 5.97 Å². The van der Waals surface area contributed by atoms with Gasteiger partial charge in [-0.2, -0.15) is 0 Å². The summed E-state index contributed by atoms with van der Waals surface area (Å²) in [6.07, 6.45) is 0.341. The van der Waals surface area contributed by atoms with Gasteiger partial charge in [0.25, 0.3) is 5.79 Å². The molecular weight excluding hydrogens is 276 g/mol. The van der Waals surface area contributed by atoms with E-state index in [2.05, 4.69) is 0 Å². The van der Waals surface area contributed by atoms with Gasteiger partial charge in [-0.05, 0) is 26.7 Å². The van der Waals surface area contributed by atoms with E-state index in [9.17, 15) is 9.59 Å². The van der Waals surface area contributed by atoms with Crippen LogP contribution in [0, 0.1) is 5.41 Å². The van der Waals surface area contributed by atoms with E-state index in [0.29, 0.717) is 12.8 Å². The van der Waals surface area contributed by atoms with Gasteiger partial charge in [-0.25, -0.2) is 0 Å². The molecule has 0 aliphatic carbocycles. The molecule has 0 unspecified atom stereocenters. The van der Waals surface area contributed by atoms with Crippen LogP contribution >= 0.6 is 0 Å². The van der Waals surface area contributed by atoms with Crippen molar-refractivity contribution in [2.45, 2.75) is 70.7 Å². The first-order valence-corrected chi connectivity index (χ1v) is 7.55. The number of ether oxygens (including phenoxy) is 4. The molecule has 0 aromatic rings. The summed E-state index contributed by atoms with van der Waals surface area (Å²) in [6, 6.07) is 0. The fourth-order valence-electron chi connectivity index (χ4n) is 3.50. The van der Waals surface area contributed by atoms with Crippen molar-refractivity contribution < 1.29 is 28.5 Å². The normalized spacial score (nSPS) is 40.4. The molecule has 0 N–H and O–H groups in total. The molecule has 3 heterocycles. The van der Waals surface area contributed by atoms with Crippen LogP contribution in [0.2, 0.25) is 0 Å². The minimum Gasteiger partial charge on any atom is -0.425 e. The fraction of sp³-hybridized carbons (Fsp3) is 0.867. The van der Waals surface area contributed by atoms with Crippen molar-refractivity contribution in [2.24, 2.45) is 5.41 Å². The molecule has 0 saturated carbocycles. The van der Waals surface area contributed by atoms with E-state index in [1.807, 2.05) is 13.8 Å². The van der Waals surface area contributed by atoms with E-state index < -0.39 is 29.2 Å². The number of rotatable bonds is 2. The van der Waals surface area contributed by atoms with Crippen LogP contribution < -0.4 is 0 Å². The van der Waals surface area contributed by atoms with Gasteiger partial charge in [0.15, 0.2) is 11.9 Å². The third-order valence-corrected chi connectivity index (χ3v) is 4.91. The highest BCUT2D eigenvalue weighted by atomic mass is 16.8. The Morgan fingerprint density at radius 2 is 1.81 bits per heavy atom. The lowest BCUT2D eigenvalue weighted by Crippen LogP contribution is -2.57. The third-order valence-electron chi connectivity index (χ3n) is 4.91. The van der Waals surface area contributed by atoms with Gasteiger partial charge in [-0.3, -0.25) is 9.59 Å². The molecule has 3 rings (SSSR count). The van der Waals surface area contributed by atoms with Gasteiger partial charge in [-0.1, -0.05) is 13.8 Å². The Kier molecular flexibility index (Phi) is 3.21. The standard InChI is InChI=1S/C15H22O6/c1-5-14(6-2)8-15(21-12(14)17)11(16)10-9(7-18-15)19-13(3,4)20-10/h9-10H,5-8H2,1-4H3/t9-,10-,15+/m1/s1. The van der Waals surface area contributed by atoms with E-state index in [1.54, 1.807) is 13.8 Å². The zero-order valence-corrected chi connectivity index (χ0v) is 12.9. The van der Waals surface area contributed by atoms with Crippen LogP contribution in [0.3, 0.4) is 0 Å². The maximum atomic E-state index is 12.8. The number of fused-ring (bicyclic) bond motifs is 1. The summed E-state index contributed by atoms with van der Waals surface area (Å²) in [5.74, 6) is -3.00. The number of carbonyl (C=O) groups is 2. The van der Waals surface area contributed by atoms with Crippen molar-refractivity contribution in [3.05, 3.63) is 0 Å². The smallest absolute Gasteiger partial charge is 0.315 e. The molecule has 0 aromatic heterocycles. The van der Waals surface area contributed by atoms with Gasteiger partial charge in [0, 0.05) is 6.42 Å². The molecular formula is C15H22O6. The predicted molar refractivity (Wildman–Crippen MR) is 71.2 cm³/mol. The highest BCUT2D eigenvalue weighted by Crippen LogP contribution is 2.49. The Bertz CT molecular complexity index is 481. The van der Waals surface area contributed by atoms with Gasteiger partial charge in [0.05, 0.1) is 12.0 Å². The molecule has 3 fully saturated rings. The summed E-state index contributed by atoms with van der Waals surface area (Å²) >= 11 is 0. The molecule has 3 aliphatic rings. The first-order valence-electron chi connectivity index (χ1n) is 7.55. The Morgan fingerprint density at radius 3 is 2.38 bits per heavy atom. The predicted octanol–water partition coefficient (Wildman–Crippen LogP) is 1.56. The Labute approximate surface area is 124 Å². The minimum atomic E-state index is -1.49. The second-order valence-corrected chi connectivity index (χ2v) is 6.58. The Morgan fingerprint density at radius 1 is 1.14 bits per heavy atom. The van der Waals surface area contributed by atoms with Crippen LogP contribution in [-0.4, -0.2) is 42.1 Å². The molecule has 3 saturated heterocycles. The number of esters is 1. The number of hydrogen-bond acceptors (Lipinski definition) is 6. The monoisotopic (exact) mass is 298 g/mol. The van der Waals surface area contributed by atoms with Gasteiger partial charge in [0.1, 0.15) is 6.10 Å². The largest absolute Gasteiger partial charge is 0.425 e. The van der Waals surface area contributed by atoms with Crippen molar-refractivity contribution in [3.63, 3.8) is 0 Å². The topological polar surface area (TPSA) is 71.1 Å². The lowest BCUT2D eigenvalue weighted by molar-refractivity contribution is -0.235.